The van der Waals surface area contributed by atoms with Crippen molar-refractivity contribution < 1.29 is 9.53 Å². The minimum atomic E-state index is 0.222. The molecule has 1 fully saturated rings. The number of unbranched alkanes of at least 4 members (excludes halogenated alkanes) is 8. The molecule has 1 aromatic heterocycles. The standard InChI is InChI=1S/C33H50N2O2/c1-4-5-6-7-8-9-10-11-12-13-14-15-16-17-18-19-33(36)35-27-31(28-22-24-34(2)25-23-28)30-26-29(37-3)20-21-32(30)35/h8-9,11-12,20-21,26-28H,4-7,10,13-19,22-25H2,1-3H3/b9-8-,12-11-. The zero-order valence-electron chi connectivity index (χ0n) is 23.7. The Hall–Kier alpha value is -2.33. The fourth-order valence-corrected chi connectivity index (χ4v) is 5.42. The number of methoxy groups -OCH3 is 1. The van der Waals surface area contributed by atoms with Crippen molar-refractivity contribution in [3.8, 4) is 5.75 Å². The van der Waals surface area contributed by atoms with Crippen LogP contribution in [0.15, 0.2) is 48.7 Å². The number of hydrogen-bond acceptors (Lipinski definition) is 3. The third-order valence-electron chi connectivity index (χ3n) is 7.81. The molecule has 2 heterocycles. The lowest BCUT2D eigenvalue weighted by atomic mass is 9.89. The summed E-state index contributed by atoms with van der Waals surface area (Å²) in [6.07, 6.45) is 27.5. The summed E-state index contributed by atoms with van der Waals surface area (Å²) in [6.45, 7) is 4.48. The number of rotatable bonds is 16. The molecule has 1 saturated heterocycles. The number of aromatic nitrogens is 1. The Balaban J connectivity index is 1.39. The van der Waals surface area contributed by atoms with E-state index in [0.717, 1.165) is 56.5 Å². The number of likely N-dealkylation sites (tertiary alicyclic amines) is 1. The zero-order chi connectivity index (χ0) is 26.3. The molecule has 0 amide bonds. The largest absolute Gasteiger partial charge is 0.497 e. The van der Waals surface area contributed by atoms with Crippen LogP contribution in [0.4, 0.5) is 0 Å². The SMILES string of the molecule is CCCCC/C=C\C/C=C\CCCCCCCC(=O)n1cc(C2CCN(C)CC2)c2cc(OC)ccc21. The molecule has 0 N–H and O–H groups in total. The monoisotopic (exact) mass is 506 g/mol. The number of piperidine rings is 1. The molecular weight excluding hydrogens is 456 g/mol. The van der Waals surface area contributed by atoms with Crippen LogP contribution in [-0.2, 0) is 0 Å². The number of ether oxygens (including phenoxy) is 1. The van der Waals surface area contributed by atoms with Crippen LogP contribution in [0.25, 0.3) is 10.9 Å². The highest BCUT2D eigenvalue weighted by Gasteiger charge is 2.24. The molecule has 2 aromatic rings. The molecule has 37 heavy (non-hydrogen) atoms. The number of fused-ring (bicyclic) bond motifs is 1. The van der Waals surface area contributed by atoms with Gasteiger partial charge in [-0.15, -0.1) is 0 Å². The molecule has 0 unspecified atom stereocenters. The lowest BCUT2D eigenvalue weighted by Gasteiger charge is -2.28. The van der Waals surface area contributed by atoms with Gasteiger partial charge in [0.2, 0.25) is 5.91 Å². The highest BCUT2D eigenvalue weighted by atomic mass is 16.5. The van der Waals surface area contributed by atoms with E-state index < -0.39 is 0 Å². The smallest absolute Gasteiger partial charge is 0.231 e. The maximum absolute atomic E-state index is 13.2. The first kappa shape index (κ1) is 29.2. The maximum atomic E-state index is 13.2. The third-order valence-corrected chi connectivity index (χ3v) is 7.81. The summed E-state index contributed by atoms with van der Waals surface area (Å²) in [5.74, 6) is 1.59. The van der Waals surface area contributed by atoms with Crippen LogP contribution in [0.2, 0.25) is 0 Å². The summed E-state index contributed by atoms with van der Waals surface area (Å²) in [6, 6.07) is 6.15. The molecule has 4 heteroatoms. The van der Waals surface area contributed by atoms with Gasteiger partial charge in [0.25, 0.3) is 0 Å². The van der Waals surface area contributed by atoms with Crippen LogP contribution < -0.4 is 4.74 Å². The van der Waals surface area contributed by atoms with Gasteiger partial charge in [0.1, 0.15) is 5.75 Å². The first-order valence-electron chi connectivity index (χ1n) is 14.8. The van der Waals surface area contributed by atoms with Crippen molar-refractivity contribution in [3.05, 3.63) is 54.3 Å². The Labute approximate surface area is 225 Å². The summed E-state index contributed by atoms with van der Waals surface area (Å²) in [5.41, 5.74) is 2.35. The topological polar surface area (TPSA) is 34.5 Å². The second kappa shape index (κ2) is 16.5. The Bertz CT molecular complexity index is 995. The fraction of sp³-hybridized carbons (Fsp3) is 0.606. The molecule has 0 saturated carbocycles. The highest BCUT2D eigenvalue weighted by molar-refractivity contribution is 5.95. The van der Waals surface area contributed by atoms with E-state index >= 15 is 0 Å². The number of carbonyl (C=O) groups excluding carboxylic acids is 1. The summed E-state index contributed by atoms with van der Waals surface area (Å²) < 4.78 is 7.42. The van der Waals surface area contributed by atoms with Gasteiger partial charge in [0, 0.05) is 18.0 Å². The molecule has 1 aliphatic rings. The first-order chi connectivity index (χ1) is 18.1. The Morgan fingerprint density at radius 1 is 0.946 bits per heavy atom. The summed E-state index contributed by atoms with van der Waals surface area (Å²) >= 11 is 0. The number of carbonyl (C=O) groups is 1. The molecule has 0 radical (unpaired) electrons. The number of benzene rings is 1. The summed E-state index contributed by atoms with van der Waals surface area (Å²) in [5, 5.41) is 1.18. The van der Waals surface area contributed by atoms with Gasteiger partial charge >= 0.3 is 0 Å². The van der Waals surface area contributed by atoms with E-state index in [9.17, 15) is 4.79 Å². The van der Waals surface area contributed by atoms with Crippen molar-refractivity contribution in [3.63, 3.8) is 0 Å². The second-order valence-electron chi connectivity index (χ2n) is 10.8. The lowest BCUT2D eigenvalue weighted by molar-refractivity contribution is 0.0904. The van der Waals surface area contributed by atoms with Gasteiger partial charge in [-0.2, -0.15) is 0 Å². The van der Waals surface area contributed by atoms with Crippen LogP contribution in [-0.4, -0.2) is 42.6 Å². The van der Waals surface area contributed by atoms with Gasteiger partial charge in [-0.05, 0) is 101 Å². The Morgan fingerprint density at radius 3 is 2.32 bits per heavy atom. The van der Waals surface area contributed by atoms with Gasteiger partial charge < -0.3 is 9.64 Å². The molecule has 0 aliphatic carbocycles. The fourth-order valence-electron chi connectivity index (χ4n) is 5.42. The van der Waals surface area contributed by atoms with Crippen molar-refractivity contribution >= 4 is 16.8 Å². The molecular formula is C33H50N2O2. The molecule has 0 atom stereocenters. The number of hydrogen-bond donors (Lipinski definition) is 0. The molecule has 0 spiro atoms. The van der Waals surface area contributed by atoms with E-state index in [1.807, 2.05) is 10.6 Å². The van der Waals surface area contributed by atoms with Gasteiger partial charge in [-0.25, -0.2) is 0 Å². The lowest BCUT2D eigenvalue weighted by Crippen LogP contribution is -2.29. The number of allylic oxidation sites excluding steroid dienone is 4. The zero-order valence-corrected chi connectivity index (χ0v) is 23.7. The molecule has 204 valence electrons. The normalized spacial score (nSPS) is 15.4. The average molecular weight is 507 g/mol. The Morgan fingerprint density at radius 2 is 1.62 bits per heavy atom. The highest BCUT2D eigenvalue weighted by Crippen LogP contribution is 2.36. The minimum Gasteiger partial charge on any atom is -0.497 e. The second-order valence-corrected chi connectivity index (χ2v) is 10.8. The van der Waals surface area contributed by atoms with E-state index in [0.29, 0.717) is 12.3 Å². The van der Waals surface area contributed by atoms with Crippen molar-refractivity contribution in [1.29, 1.82) is 0 Å². The van der Waals surface area contributed by atoms with Crippen LogP contribution >= 0.6 is 0 Å². The van der Waals surface area contributed by atoms with E-state index in [4.69, 9.17) is 4.74 Å². The predicted molar refractivity (Wildman–Crippen MR) is 158 cm³/mol. The average Bonchev–Trinajstić information content (AvgIpc) is 3.30. The van der Waals surface area contributed by atoms with E-state index in [1.165, 1.54) is 62.3 Å². The van der Waals surface area contributed by atoms with E-state index in [-0.39, 0.29) is 5.91 Å². The molecule has 3 rings (SSSR count). The Kier molecular flexibility index (Phi) is 13.0. The molecule has 1 aliphatic heterocycles. The van der Waals surface area contributed by atoms with Crippen LogP contribution in [0, 0.1) is 0 Å². The molecule has 0 bridgehead atoms. The van der Waals surface area contributed by atoms with E-state index in [1.54, 1.807) is 7.11 Å². The van der Waals surface area contributed by atoms with Crippen LogP contribution in [0.5, 0.6) is 5.75 Å². The van der Waals surface area contributed by atoms with Crippen LogP contribution in [0.3, 0.4) is 0 Å². The van der Waals surface area contributed by atoms with Gasteiger partial charge in [-0.3, -0.25) is 9.36 Å². The van der Waals surface area contributed by atoms with E-state index in [2.05, 4.69) is 61.5 Å². The maximum Gasteiger partial charge on any atom is 0.231 e. The van der Waals surface area contributed by atoms with Crippen molar-refractivity contribution in [2.24, 2.45) is 0 Å². The summed E-state index contributed by atoms with van der Waals surface area (Å²) in [4.78, 5) is 15.6. The van der Waals surface area contributed by atoms with Gasteiger partial charge in [0.05, 0.1) is 12.6 Å². The predicted octanol–water partition coefficient (Wildman–Crippen LogP) is 8.91. The van der Waals surface area contributed by atoms with Gasteiger partial charge in [-0.1, -0.05) is 63.3 Å². The quantitative estimate of drug-likeness (QED) is 0.168. The molecule has 4 nitrogen and oxygen atoms in total. The number of nitrogens with zero attached hydrogens (tertiary/aromatic N) is 2. The summed E-state index contributed by atoms with van der Waals surface area (Å²) in [7, 11) is 3.90. The minimum absolute atomic E-state index is 0.222. The van der Waals surface area contributed by atoms with Crippen molar-refractivity contribution in [2.45, 2.75) is 103 Å². The van der Waals surface area contributed by atoms with Crippen LogP contribution in [0.1, 0.15) is 113 Å². The van der Waals surface area contributed by atoms with Crippen molar-refractivity contribution in [2.75, 3.05) is 27.2 Å². The van der Waals surface area contributed by atoms with Gasteiger partial charge in [0.15, 0.2) is 0 Å². The van der Waals surface area contributed by atoms with Crippen molar-refractivity contribution in [1.82, 2.24) is 9.47 Å². The first-order valence-corrected chi connectivity index (χ1v) is 14.8. The molecule has 1 aromatic carbocycles. The third kappa shape index (κ3) is 9.48.